The van der Waals surface area contributed by atoms with Crippen LogP contribution in [0.4, 0.5) is 4.79 Å². The largest absolute Gasteiger partial charge is 0.489 e. The van der Waals surface area contributed by atoms with Gasteiger partial charge < -0.3 is 18.9 Å². The zero-order chi connectivity index (χ0) is 23.8. The van der Waals surface area contributed by atoms with Gasteiger partial charge in [-0.15, -0.1) is 0 Å². The molecule has 0 saturated carbocycles. The van der Waals surface area contributed by atoms with Crippen molar-refractivity contribution in [3.63, 3.8) is 0 Å². The smallest absolute Gasteiger partial charge is 0.410 e. The van der Waals surface area contributed by atoms with Crippen molar-refractivity contribution in [3.8, 4) is 11.6 Å². The molecule has 33 heavy (non-hydrogen) atoms. The van der Waals surface area contributed by atoms with Crippen molar-refractivity contribution in [1.29, 1.82) is 0 Å². The van der Waals surface area contributed by atoms with E-state index in [0.29, 0.717) is 29.6 Å². The summed E-state index contributed by atoms with van der Waals surface area (Å²) >= 11 is 0. The number of piperidine rings is 1. The van der Waals surface area contributed by atoms with E-state index in [1.54, 1.807) is 29.3 Å². The second kappa shape index (κ2) is 8.70. The molecule has 9 heteroatoms. The first-order valence-electron chi connectivity index (χ1n) is 10.9. The summed E-state index contributed by atoms with van der Waals surface area (Å²) in [6.45, 7) is 6.77. The normalized spacial score (nSPS) is 15.6. The van der Waals surface area contributed by atoms with Crippen LogP contribution in [0.5, 0.6) is 5.75 Å². The van der Waals surface area contributed by atoms with E-state index in [9.17, 15) is 13.2 Å². The Morgan fingerprint density at radius 3 is 2.42 bits per heavy atom. The number of benzene rings is 1. The molecule has 1 aliphatic heterocycles. The number of carbonyl (C=O) groups excluding carboxylic acids is 1. The van der Waals surface area contributed by atoms with Crippen molar-refractivity contribution in [3.05, 3.63) is 48.8 Å². The molecule has 3 heterocycles. The predicted octanol–water partition coefficient (Wildman–Crippen LogP) is 4.21. The third kappa shape index (κ3) is 5.47. The van der Waals surface area contributed by atoms with Crippen LogP contribution in [0.25, 0.3) is 16.7 Å². The van der Waals surface area contributed by atoms with Gasteiger partial charge in [-0.3, -0.25) is 0 Å². The molecule has 0 bridgehead atoms. The Balaban J connectivity index is 1.39. The van der Waals surface area contributed by atoms with Gasteiger partial charge in [0, 0.05) is 43.8 Å². The number of ether oxygens (including phenoxy) is 2. The maximum atomic E-state index is 12.2. The molecule has 2 aromatic heterocycles. The second-order valence-corrected chi connectivity index (χ2v) is 11.3. The summed E-state index contributed by atoms with van der Waals surface area (Å²) in [6.07, 6.45) is 5.94. The van der Waals surface area contributed by atoms with Crippen molar-refractivity contribution in [2.75, 3.05) is 19.3 Å². The van der Waals surface area contributed by atoms with Crippen molar-refractivity contribution in [1.82, 2.24) is 14.5 Å². The average Bonchev–Trinajstić information content (AvgIpc) is 3.16. The monoisotopic (exact) mass is 471 g/mol. The molecular weight excluding hydrogens is 442 g/mol. The lowest BCUT2D eigenvalue weighted by Gasteiger charge is -2.33. The third-order valence-electron chi connectivity index (χ3n) is 5.45. The molecule has 0 unspecified atom stereocenters. The molecule has 4 rings (SSSR count). The molecule has 0 aliphatic carbocycles. The predicted molar refractivity (Wildman–Crippen MR) is 126 cm³/mol. The number of carbonyl (C=O) groups is 1. The molecule has 1 aliphatic rings. The summed E-state index contributed by atoms with van der Waals surface area (Å²) in [5.74, 6) is 1.38. The van der Waals surface area contributed by atoms with Gasteiger partial charge in [-0.05, 0) is 57.2 Å². The zero-order valence-corrected chi connectivity index (χ0v) is 20.1. The highest BCUT2D eigenvalue weighted by molar-refractivity contribution is 7.90. The summed E-state index contributed by atoms with van der Waals surface area (Å²) in [5, 5.41) is 0.830. The quantitative estimate of drug-likeness (QED) is 0.566. The van der Waals surface area contributed by atoms with Gasteiger partial charge in [-0.25, -0.2) is 18.2 Å². The Labute approximate surface area is 194 Å². The highest BCUT2D eigenvalue weighted by Crippen LogP contribution is 2.25. The average molecular weight is 472 g/mol. The van der Waals surface area contributed by atoms with E-state index in [0.717, 1.165) is 23.7 Å². The molecule has 8 nitrogen and oxygen atoms in total. The number of fused-ring (bicyclic) bond motifs is 1. The van der Waals surface area contributed by atoms with Crippen LogP contribution in [0.15, 0.2) is 53.7 Å². The number of nitrogens with zero attached hydrogens (tertiary/aromatic N) is 3. The fraction of sp³-hybridized carbons (Fsp3) is 0.417. The molecule has 0 radical (unpaired) electrons. The van der Waals surface area contributed by atoms with Crippen LogP contribution in [-0.4, -0.2) is 60.0 Å². The van der Waals surface area contributed by atoms with Crippen LogP contribution in [0, 0.1) is 0 Å². The van der Waals surface area contributed by atoms with Crippen LogP contribution < -0.4 is 4.74 Å². The molecule has 1 aromatic carbocycles. The number of pyridine rings is 1. The maximum absolute atomic E-state index is 12.2. The van der Waals surface area contributed by atoms with Crippen LogP contribution in [0.1, 0.15) is 33.6 Å². The van der Waals surface area contributed by atoms with E-state index in [1.165, 1.54) is 6.26 Å². The van der Waals surface area contributed by atoms with Gasteiger partial charge in [0.25, 0.3) is 0 Å². The molecule has 1 amide bonds. The topological polar surface area (TPSA) is 90.7 Å². The molecular formula is C24H29N3O5S. The minimum Gasteiger partial charge on any atom is -0.489 e. The molecule has 1 saturated heterocycles. The molecule has 0 atom stereocenters. The first kappa shape index (κ1) is 23.1. The fourth-order valence-corrected chi connectivity index (χ4v) is 4.47. The standard InChI is InChI=1S/C24H29N3O5S/c1-24(2,3)32-23(28)26-12-10-18(11-13-26)31-19-5-8-22(25-16-19)27-14-9-17-15-20(33(4,29)30)6-7-21(17)27/h5-9,14-16,18H,10-13H2,1-4H3. The Hall–Kier alpha value is -3.07. The Bertz CT molecular complexity index is 1250. The summed E-state index contributed by atoms with van der Waals surface area (Å²) in [6, 6.07) is 10.7. The fourth-order valence-electron chi connectivity index (χ4n) is 3.81. The van der Waals surface area contributed by atoms with Crippen LogP contribution in [0.3, 0.4) is 0 Å². The van der Waals surface area contributed by atoms with E-state index in [4.69, 9.17) is 9.47 Å². The molecule has 1 fully saturated rings. The van der Waals surface area contributed by atoms with Gasteiger partial charge in [0.1, 0.15) is 23.3 Å². The molecule has 176 valence electrons. The van der Waals surface area contributed by atoms with Gasteiger partial charge in [0.15, 0.2) is 9.84 Å². The number of rotatable bonds is 4. The van der Waals surface area contributed by atoms with Crippen molar-refractivity contribution < 1.29 is 22.7 Å². The lowest BCUT2D eigenvalue weighted by atomic mass is 10.1. The first-order chi connectivity index (χ1) is 15.5. The van der Waals surface area contributed by atoms with Crippen LogP contribution in [0.2, 0.25) is 0 Å². The number of sulfone groups is 1. The summed E-state index contributed by atoms with van der Waals surface area (Å²) < 4.78 is 37.0. The number of amides is 1. The number of likely N-dealkylation sites (tertiary alicyclic amines) is 1. The van der Waals surface area contributed by atoms with Gasteiger partial charge in [-0.1, -0.05) is 0 Å². The minimum atomic E-state index is -3.26. The zero-order valence-electron chi connectivity index (χ0n) is 19.3. The molecule has 0 N–H and O–H groups in total. The number of hydrogen-bond acceptors (Lipinski definition) is 6. The summed E-state index contributed by atoms with van der Waals surface area (Å²) in [5.41, 5.74) is 0.372. The summed E-state index contributed by atoms with van der Waals surface area (Å²) in [4.78, 5) is 18.8. The van der Waals surface area contributed by atoms with E-state index in [2.05, 4.69) is 4.98 Å². The Kier molecular flexibility index (Phi) is 6.09. The van der Waals surface area contributed by atoms with E-state index < -0.39 is 15.4 Å². The molecule has 0 spiro atoms. The third-order valence-corrected chi connectivity index (χ3v) is 6.56. The Morgan fingerprint density at radius 2 is 1.82 bits per heavy atom. The number of aromatic nitrogens is 2. The first-order valence-corrected chi connectivity index (χ1v) is 12.8. The highest BCUT2D eigenvalue weighted by Gasteiger charge is 2.27. The highest BCUT2D eigenvalue weighted by atomic mass is 32.2. The lowest BCUT2D eigenvalue weighted by molar-refractivity contribution is 0.0126. The van der Waals surface area contributed by atoms with Gasteiger partial charge >= 0.3 is 6.09 Å². The van der Waals surface area contributed by atoms with Crippen molar-refractivity contribution >= 4 is 26.8 Å². The van der Waals surface area contributed by atoms with Crippen LogP contribution in [-0.2, 0) is 14.6 Å². The van der Waals surface area contributed by atoms with Gasteiger partial charge in [0.05, 0.1) is 16.6 Å². The number of hydrogen-bond donors (Lipinski definition) is 0. The lowest BCUT2D eigenvalue weighted by Crippen LogP contribution is -2.44. The van der Waals surface area contributed by atoms with Crippen LogP contribution >= 0.6 is 0 Å². The van der Waals surface area contributed by atoms with E-state index >= 15 is 0 Å². The van der Waals surface area contributed by atoms with Crippen molar-refractivity contribution in [2.24, 2.45) is 0 Å². The minimum absolute atomic E-state index is 0.0122. The molecule has 3 aromatic rings. The van der Waals surface area contributed by atoms with Gasteiger partial charge in [-0.2, -0.15) is 0 Å². The Morgan fingerprint density at radius 1 is 1.09 bits per heavy atom. The maximum Gasteiger partial charge on any atom is 0.410 e. The van der Waals surface area contributed by atoms with E-state index in [1.807, 2.05) is 49.7 Å². The van der Waals surface area contributed by atoms with Gasteiger partial charge in [0.2, 0.25) is 0 Å². The second-order valence-electron chi connectivity index (χ2n) is 9.32. The summed E-state index contributed by atoms with van der Waals surface area (Å²) in [7, 11) is -3.26. The SMILES string of the molecule is CC(C)(C)OC(=O)N1CCC(Oc2ccc(-n3ccc4cc(S(C)(=O)=O)ccc43)nc2)CC1. The van der Waals surface area contributed by atoms with Crippen molar-refractivity contribution in [2.45, 2.75) is 50.2 Å². The van der Waals surface area contributed by atoms with E-state index in [-0.39, 0.29) is 12.2 Å².